The molecule has 1 heterocycles. The minimum atomic E-state index is -0.210. The third-order valence-electron chi connectivity index (χ3n) is 4.53. The Morgan fingerprint density at radius 1 is 1.30 bits per heavy atom. The standard InChI is InChI=1S/C17H28N2O/c1-5-19(11-15-8-6-7-14(4)18-15)17-13(3)9-12(2)10-16(17)20/h6-8,12-13,16-17,20H,5,9-11H2,1-4H3. The first-order chi connectivity index (χ1) is 9.51. The zero-order valence-electron chi connectivity index (χ0n) is 13.2. The molecule has 0 aromatic carbocycles. The van der Waals surface area contributed by atoms with Crippen molar-refractivity contribution in [1.82, 2.24) is 9.88 Å². The fourth-order valence-corrected chi connectivity index (χ4v) is 3.73. The van der Waals surface area contributed by atoms with Gasteiger partial charge in [-0.25, -0.2) is 0 Å². The van der Waals surface area contributed by atoms with Crippen LogP contribution in [-0.2, 0) is 6.54 Å². The first-order valence-corrected chi connectivity index (χ1v) is 7.86. The van der Waals surface area contributed by atoms with Crippen LogP contribution >= 0.6 is 0 Å². The number of hydrogen-bond acceptors (Lipinski definition) is 3. The molecule has 4 unspecified atom stereocenters. The van der Waals surface area contributed by atoms with Gasteiger partial charge in [-0.05, 0) is 50.3 Å². The number of nitrogens with zero attached hydrogens (tertiary/aromatic N) is 2. The minimum Gasteiger partial charge on any atom is -0.391 e. The summed E-state index contributed by atoms with van der Waals surface area (Å²) in [4.78, 5) is 6.99. The van der Waals surface area contributed by atoms with E-state index in [2.05, 4.69) is 42.8 Å². The van der Waals surface area contributed by atoms with Crippen molar-refractivity contribution < 1.29 is 5.11 Å². The molecule has 0 radical (unpaired) electrons. The molecule has 0 amide bonds. The molecular formula is C17H28N2O. The molecule has 1 aliphatic rings. The van der Waals surface area contributed by atoms with Gasteiger partial charge in [0.2, 0.25) is 0 Å². The van der Waals surface area contributed by atoms with Gasteiger partial charge in [0, 0.05) is 18.3 Å². The van der Waals surface area contributed by atoms with Gasteiger partial charge in [0.05, 0.1) is 11.8 Å². The molecule has 3 nitrogen and oxygen atoms in total. The zero-order chi connectivity index (χ0) is 14.7. The van der Waals surface area contributed by atoms with Crippen molar-refractivity contribution in [3.8, 4) is 0 Å². The molecule has 1 N–H and O–H groups in total. The Morgan fingerprint density at radius 2 is 2.05 bits per heavy atom. The normalized spacial score (nSPS) is 30.7. The van der Waals surface area contributed by atoms with Crippen LogP contribution in [0.1, 0.15) is 45.0 Å². The SMILES string of the molecule is CCN(Cc1cccc(C)n1)C1C(C)CC(C)CC1O. The molecule has 1 aliphatic carbocycles. The number of hydrogen-bond donors (Lipinski definition) is 1. The number of pyridine rings is 1. The number of aromatic nitrogens is 1. The van der Waals surface area contributed by atoms with E-state index < -0.39 is 0 Å². The van der Waals surface area contributed by atoms with E-state index in [0.29, 0.717) is 11.8 Å². The third-order valence-corrected chi connectivity index (χ3v) is 4.53. The number of aliphatic hydroxyl groups is 1. The van der Waals surface area contributed by atoms with Gasteiger partial charge in [0.1, 0.15) is 0 Å². The van der Waals surface area contributed by atoms with Crippen LogP contribution in [0.2, 0.25) is 0 Å². The molecule has 0 aliphatic heterocycles. The number of rotatable bonds is 4. The van der Waals surface area contributed by atoms with Crippen molar-refractivity contribution in [2.24, 2.45) is 11.8 Å². The van der Waals surface area contributed by atoms with Crippen molar-refractivity contribution in [2.75, 3.05) is 6.54 Å². The van der Waals surface area contributed by atoms with Gasteiger partial charge in [0.25, 0.3) is 0 Å². The fraction of sp³-hybridized carbons (Fsp3) is 0.706. The van der Waals surface area contributed by atoms with Crippen LogP contribution in [0.4, 0.5) is 0 Å². The second-order valence-electron chi connectivity index (χ2n) is 6.45. The largest absolute Gasteiger partial charge is 0.391 e. The van der Waals surface area contributed by atoms with Gasteiger partial charge in [-0.1, -0.05) is 26.8 Å². The van der Waals surface area contributed by atoms with Gasteiger partial charge < -0.3 is 5.11 Å². The molecule has 1 fully saturated rings. The van der Waals surface area contributed by atoms with Crippen molar-refractivity contribution >= 4 is 0 Å². The lowest BCUT2D eigenvalue weighted by atomic mass is 9.77. The van der Waals surface area contributed by atoms with E-state index in [0.717, 1.165) is 30.9 Å². The van der Waals surface area contributed by atoms with E-state index in [1.165, 1.54) is 6.42 Å². The van der Waals surface area contributed by atoms with Crippen molar-refractivity contribution in [1.29, 1.82) is 0 Å². The van der Waals surface area contributed by atoms with Crippen LogP contribution < -0.4 is 0 Å². The second-order valence-corrected chi connectivity index (χ2v) is 6.45. The third kappa shape index (κ3) is 3.58. The molecule has 1 saturated carbocycles. The van der Waals surface area contributed by atoms with Gasteiger partial charge >= 0.3 is 0 Å². The summed E-state index contributed by atoms with van der Waals surface area (Å²) in [6.07, 6.45) is 1.92. The first-order valence-electron chi connectivity index (χ1n) is 7.86. The summed E-state index contributed by atoms with van der Waals surface area (Å²) >= 11 is 0. The summed E-state index contributed by atoms with van der Waals surface area (Å²) in [6, 6.07) is 6.44. The molecule has 112 valence electrons. The topological polar surface area (TPSA) is 36.4 Å². The average Bonchev–Trinajstić information content (AvgIpc) is 2.36. The van der Waals surface area contributed by atoms with E-state index >= 15 is 0 Å². The molecule has 3 heteroatoms. The highest BCUT2D eigenvalue weighted by atomic mass is 16.3. The van der Waals surface area contributed by atoms with Gasteiger partial charge in [0.15, 0.2) is 0 Å². The minimum absolute atomic E-state index is 0.210. The molecule has 0 bridgehead atoms. The van der Waals surface area contributed by atoms with E-state index in [9.17, 15) is 5.11 Å². The molecule has 1 aromatic heterocycles. The smallest absolute Gasteiger partial charge is 0.0700 e. The maximum Gasteiger partial charge on any atom is 0.0700 e. The van der Waals surface area contributed by atoms with Crippen LogP contribution in [-0.4, -0.2) is 33.7 Å². The van der Waals surface area contributed by atoms with Crippen LogP contribution in [0.5, 0.6) is 0 Å². The summed E-state index contributed by atoms with van der Waals surface area (Å²) in [6.45, 7) is 10.5. The molecule has 0 spiro atoms. The highest BCUT2D eigenvalue weighted by Gasteiger charge is 2.36. The Kier molecular flexibility index (Phi) is 5.17. The number of aliphatic hydroxyl groups excluding tert-OH is 1. The number of aryl methyl sites for hydroxylation is 1. The Balaban J connectivity index is 2.11. The Labute approximate surface area is 123 Å². The Morgan fingerprint density at radius 3 is 2.65 bits per heavy atom. The Hall–Kier alpha value is -0.930. The lowest BCUT2D eigenvalue weighted by Crippen LogP contribution is -2.50. The summed E-state index contributed by atoms with van der Waals surface area (Å²) in [7, 11) is 0. The maximum atomic E-state index is 10.5. The van der Waals surface area contributed by atoms with Gasteiger partial charge in [-0.3, -0.25) is 9.88 Å². The molecule has 0 saturated heterocycles. The highest BCUT2D eigenvalue weighted by Crippen LogP contribution is 2.32. The molecule has 20 heavy (non-hydrogen) atoms. The van der Waals surface area contributed by atoms with E-state index in [-0.39, 0.29) is 12.1 Å². The van der Waals surface area contributed by atoms with Crippen LogP contribution in [0.3, 0.4) is 0 Å². The maximum absolute atomic E-state index is 10.5. The van der Waals surface area contributed by atoms with E-state index in [1.807, 2.05) is 13.0 Å². The van der Waals surface area contributed by atoms with Gasteiger partial charge in [-0.15, -0.1) is 0 Å². The summed E-state index contributed by atoms with van der Waals surface area (Å²) in [5, 5.41) is 10.5. The first kappa shape index (κ1) is 15.5. The predicted octanol–water partition coefficient (Wildman–Crippen LogP) is 3.01. The average molecular weight is 276 g/mol. The second kappa shape index (κ2) is 6.68. The highest BCUT2D eigenvalue weighted by molar-refractivity contribution is 5.10. The summed E-state index contributed by atoms with van der Waals surface area (Å²) < 4.78 is 0. The van der Waals surface area contributed by atoms with E-state index in [1.54, 1.807) is 0 Å². The fourth-order valence-electron chi connectivity index (χ4n) is 3.73. The molecule has 4 atom stereocenters. The zero-order valence-corrected chi connectivity index (χ0v) is 13.2. The monoisotopic (exact) mass is 276 g/mol. The van der Waals surface area contributed by atoms with Crippen LogP contribution in [0, 0.1) is 18.8 Å². The molecular weight excluding hydrogens is 248 g/mol. The summed E-state index contributed by atoms with van der Waals surface area (Å²) in [5.41, 5.74) is 2.16. The van der Waals surface area contributed by atoms with Crippen molar-refractivity contribution in [3.05, 3.63) is 29.6 Å². The van der Waals surface area contributed by atoms with Crippen LogP contribution in [0.15, 0.2) is 18.2 Å². The van der Waals surface area contributed by atoms with Crippen LogP contribution in [0.25, 0.3) is 0 Å². The summed E-state index contributed by atoms with van der Waals surface area (Å²) in [5.74, 6) is 1.17. The van der Waals surface area contributed by atoms with Crippen molar-refractivity contribution in [3.63, 3.8) is 0 Å². The Bertz CT molecular complexity index is 423. The molecule has 2 rings (SSSR count). The van der Waals surface area contributed by atoms with Gasteiger partial charge in [-0.2, -0.15) is 0 Å². The quantitative estimate of drug-likeness (QED) is 0.918. The lowest BCUT2D eigenvalue weighted by Gasteiger charge is -2.43. The molecule has 1 aromatic rings. The van der Waals surface area contributed by atoms with Crippen molar-refractivity contribution in [2.45, 2.75) is 59.2 Å². The predicted molar refractivity (Wildman–Crippen MR) is 82.4 cm³/mol. The van der Waals surface area contributed by atoms with E-state index in [4.69, 9.17) is 0 Å². The lowest BCUT2D eigenvalue weighted by molar-refractivity contribution is -0.0264. The number of likely N-dealkylation sites (N-methyl/N-ethyl adjacent to an activating group) is 1.